The summed E-state index contributed by atoms with van der Waals surface area (Å²) in [6.07, 6.45) is 10.9. The number of likely N-dealkylation sites (tertiary alicyclic amines) is 1. The van der Waals surface area contributed by atoms with E-state index in [9.17, 15) is 4.79 Å². The number of nitrogens with zero attached hydrogens (tertiary/aromatic N) is 2. The van der Waals surface area contributed by atoms with Crippen LogP contribution in [0.4, 0.5) is 5.69 Å². The van der Waals surface area contributed by atoms with E-state index in [2.05, 4.69) is 4.98 Å². The summed E-state index contributed by atoms with van der Waals surface area (Å²) < 4.78 is 0. The van der Waals surface area contributed by atoms with Gasteiger partial charge in [-0.2, -0.15) is 0 Å². The maximum absolute atomic E-state index is 12.5. The van der Waals surface area contributed by atoms with Crippen LogP contribution in [0.5, 0.6) is 0 Å². The Kier molecular flexibility index (Phi) is 3.17. The van der Waals surface area contributed by atoms with Crippen molar-refractivity contribution in [3.05, 3.63) is 24.0 Å². The number of hydrogen-bond acceptors (Lipinski definition) is 3. The molecule has 1 spiro atoms. The van der Waals surface area contributed by atoms with Crippen LogP contribution < -0.4 is 5.73 Å². The molecule has 0 unspecified atom stereocenters. The zero-order valence-electron chi connectivity index (χ0n) is 11.3. The zero-order chi connectivity index (χ0) is 13.3. The van der Waals surface area contributed by atoms with E-state index >= 15 is 0 Å². The Morgan fingerprint density at radius 3 is 2.79 bits per heavy atom. The largest absolute Gasteiger partial charge is 0.398 e. The molecule has 1 aromatic heterocycles. The van der Waals surface area contributed by atoms with Gasteiger partial charge in [-0.25, -0.2) is 0 Å². The highest BCUT2D eigenvalue weighted by Gasteiger charge is 2.40. The molecule has 2 N–H and O–H groups in total. The van der Waals surface area contributed by atoms with E-state index in [4.69, 9.17) is 5.73 Å². The van der Waals surface area contributed by atoms with E-state index in [1.165, 1.54) is 32.1 Å². The summed E-state index contributed by atoms with van der Waals surface area (Å²) in [7, 11) is 0. The second-order valence-corrected chi connectivity index (χ2v) is 6.00. The monoisotopic (exact) mass is 259 g/mol. The Balaban J connectivity index is 1.74. The molecule has 2 heterocycles. The van der Waals surface area contributed by atoms with Crippen molar-refractivity contribution in [2.75, 3.05) is 18.8 Å². The van der Waals surface area contributed by atoms with E-state index in [1.807, 2.05) is 4.90 Å². The second-order valence-electron chi connectivity index (χ2n) is 6.00. The van der Waals surface area contributed by atoms with Crippen molar-refractivity contribution < 1.29 is 4.79 Å². The Labute approximate surface area is 114 Å². The number of carbonyl (C=O) groups is 1. The fraction of sp³-hybridized carbons (Fsp3) is 0.600. The predicted octanol–water partition coefficient (Wildman–Crippen LogP) is 2.46. The summed E-state index contributed by atoms with van der Waals surface area (Å²) in [6, 6.07) is 1.69. The van der Waals surface area contributed by atoms with Crippen LogP contribution in [0.25, 0.3) is 0 Å². The van der Waals surface area contributed by atoms with E-state index in [0.717, 1.165) is 19.5 Å². The molecule has 4 nitrogen and oxygen atoms in total. The number of rotatable bonds is 1. The van der Waals surface area contributed by atoms with Crippen molar-refractivity contribution in [2.24, 2.45) is 5.41 Å². The maximum Gasteiger partial charge on any atom is 0.257 e. The third-order valence-electron chi connectivity index (χ3n) is 4.72. The van der Waals surface area contributed by atoms with Gasteiger partial charge >= 0.3 is 0 Å². The van der Waals surface area contributed by atoms with Gasteiger partial charge in [0, 0.05) is 31.2 Å². The molecule has 3 rings (SSSR count). The van der Waals surface area contributed by atoms with Crippen LogP contribution in [-0.4, -0.2) is 28.9 Å². The van der Waals surface area contributed by atoms with Crippen molar-refractivity contribution >= 4 is 11.6 Å². The molecule has 1 saturated carbocycles. The number of amides is 1. The van der Waals surface area contributed by atoms with Crippen LogP contribution >= 0.6 is 0 Å². The first-order chi connectivity index (χ1) is 9.20. The highest BCUT2D eigenvalue weighted by Crippen LogP contribution is 2.44. The van der Waals surface area contributed by atoms with Gasteiger partial charge in [0.15, 0.2) is 0 Å². The second kappa shape index (κ2) is 4.83. The quantitative estimate of drug-likeness (QED) is 0.842. The lowest BCUT2D eigenvalue weighted by Crippen LogP contribution is -2.33. The smallest absolute Gasteiger partial charge is 0.257 e. The van der Waals surface area contributed by atoms with E-state index in [1.54, 1.807) is 18.5 Å². The fourth-order valence-electron chi connectivity index (χ4n) is 3.57. The zero-order valence-corrected chi connectivity index (χ0v) is 11.3. The molecule has 0 bridgehead atoms. The summed E-state index contributed by atoms with van der Waals surface area (Å²) >= 11 is 0. The standard InChI is InChI=1S/C15H21N3O/c16-13-4-8-17-10-12(13)14(19)18-9-7-15(11-18)5-2-1-3-6-15/h4,8,10H,1-3,5-7,9,11H2,(H2,16,17). The molecular weight excluding hydrogens is 238 g/mol. The normalized spacial score (nSPS) is 21.8. The summed E-state index contributed by atoms with van der Waals surface area (Å²) in [5.74, 6) is 0.0491. The van der Waals surface area contributed by atoms with Crippen molar-refractivity contribution in [3.8, 4) is 0 Å². The van der Waals surface area contributed by atoms with Gasteiger partial charge in [-0.3, -0.25) is 9.78 Å². The Hall–Kier alpha value is -1.58. The Morgan fingerprint density at radius 2 is 2.05 bits per heavy atom. The van der Waals surface area contributed by atoms with Crippen molar-refractivity contribution in [1.82, 2.24) is 9.88 Å². The summed E-state index contributed by atoms with van der Waals surface area (Å²) in [5.41, 5.74) is 7.35. The number of hydrogen-bond donors (Lipinski definition) is 1. The van der Waals surface area contributed by atoms with Crippen molar-refractivity contribution in [3.63, 3.8) is 0 Å². The molecule has 2 fully saturated rings. The molecule has 0 aromatic carbocycles. The number of nitrogens with two attached hydrogens (primary N) is 1. The SMILES string of the molecule is Nc1ccncc1C(=O)N1CCC2(CCCCC2)C1. The number of pyridine rings is 1. The molecule has 102 valence electrons. The highest BCUT2D eigenvalue weighted by atomic mass is 16.2. The number of anilines is 1. The van der Waals surface area contributed by atoms with E-state index < -0.39 is 0 Å². The molecule has 0 radical (unpaired) electrons. The Morgan fingerprint density at radius 1 is 1.26 bits per heavy atom. The fourth-order valence-corrected chi connectivity index (χ4v) is 3.57. The molecule has 0 atom stereocenters. The van der Waals surface area contributed by atoms with Gasteiger partial charge in [0.05, 0.1) is 5.56 Å². The molecule has 1 aromatic rings. The van der Waals surface area contributed by atoms with Gasteiger partial charge in [-0.05, 0) is 30.7 Å². The third kappa shape index (κ3) is 2.31. The van der Waals surface area contributed by atoms with Crippen LogP contribution in [-0.2, 0) is 0 Å². The number of aromatic nitrogens is 1. The first-order valence-corrected chi connectivity index (χ1v) is 7.19. The van der Waals surface area contributed by atoms with Gasteiger partial charge in [-0.15, -0.1) is 0 Å². The highest BCUT2D eigenvalue weighted by molar-refractivity contribution is 5.98. The van der Waals surface area contributed by atoms with Crippen LogP contribution in [0.2, 0.25) is 0 Å². The van der Waals surface area contributed by atoms with Crippen molar-refractivity contribution in [2.45, 2.75) is 38.5 Å². The topological polar surface area (TPSA) is 59.2 Å². The van der Waals surface area contributed by atoms with Crippen LogP contribution in [0, 0.1) is 5.41 Å². The lowest BCUT2D eigenvalue weighted by Gasteiger charge is -2.33. The van der Waals surface area contributed by atoms with Gasteiger partial charge in [-0.1, -0.05) is 19.3 Å². The van der Waals surface area contributed by atoms with Crippen LogP contribution in [0.3, 0.4) is 0 Å². The molecule has 1 amide bonds. The first kappa shape index (κ1) is 12.5. The van der Waals surface area contributed by atoms with Crippen molar-refractivity contribution in [1.29, 1.82) is 0 Å². The van der Waals surface area contributed by atoms with Crippen LogP contribution in [0.1, 0.15) is 48.9 Å². The molecule has 1 aliphatic heterocycles. The minimum atomic E-state index is 0.0491. The minimum Gasteiger partial charge on any atom is -0.398 e. The average molecular weight is 259 g/mol. The molecule has 1 saturated heterocycles. The van der Waals surface area contributed by atoms with E-state index in [-0.39, 0.29) is 5.91 Å². The van der Waals surface area contributed by atoms with Gasteiger partial charge in [0.1, 0.15) is 0 Å². The van der Waals surface area contributed by atoms with E-state index in [0.29, 0.717) is 16.7 Å². The molecule has 4 heteroatoms. The first-order valence-electron chi connectivity index (χ1n) is 7.19. The third-order valence-corrected chi connectivity index (χ3v) is 4.72. The average Bonchev–Trinajstić information content (AvgIpc) is 2.83. The molecule has 19 heavy (non-hydrogen) atoms. The molecular formula is C15H21N3O. The molecule has 1 aliphatic carbocycles. The summed E-state index contributed by atoms with van der Waals surface area (Å²) in [6.45, 7) is 1.77. The minimum absolute atomic E-state index is 0.0491. The predicted molar refractivity (Wildman–Crippen MR) is 74.7 cm³/mol. The molecule has 2 aliphatic rings. The Bertz CT molecular complexity index is 480. The van der Waals surface area contributed by atoms with Crippen LogP contribution in [0.15, 0.2) is 18.5 Å². The van der Waals surface area contributed by atoms with Gasteiger partial charge < -0.3 is 10.6 Å². The van der Waals surface area contributed by atoms with Gasteiger partial charge in [0.2, 0.25) is 0 Å². The maximum atomic E-state index is 12.5. The number of nitrogen functional groups attached to an aromatic ring is 1. The lowest BCUT2D eigenvalue weighted by atomic mass is 9.73. The number of carbonyl (C=O) groups excluding carboxylic acids is 1. The lowest BCUT2D eigenvalue weighted by molar-refractivity contribution is 0.0759. The summed E-state index contributed by atoms with van der Waals surface area (Å²) in [4.78, 5) is 18.5. The van der Waals surface area contributed by atoms with Gasteiger partial charge in [0.25, 0.3) is 5.91 Å². The summed E-state index contributed by atoms with van der Waals surface area (Å²) in [5, 5.41) is 0.